The molecule has 7 aromatic rings. The standard InChI is InChI=1S/C29H39N3O.C28H37N3O.C27H35N3O.C21H31N3O/c1-3-30(2)29(26-15-8-5-9-16-26)19-17-28(18-20-29)23-31(21-24-11-6-4-7-12-24)27(33)32(28)22-25-13-10-14-25;1-29(2)28(25-14-7-4-8-15-25)18-16-27(17-19-28)22-30(20-23-10-5-3-6-11-23)26(32)31(27)21-24-12-9-13-24;1-28-27(24-13-6-3-7-14-24)17-15-26(16-18-27)21-29(19-22-9-4-2-5-10-22)25(31)30(26)20-23-11-8-12-23;1-23(2)21(18-9-4-3-5-10-18)13-11-20(12-14-21)16-22-19(25)24(20)15-17-7-6-8-17/h4-9,11-12,15-16,25H,3,10,13-14,17-23H2,1-2H3;3-8,10-11,14-15,24H,9,12-13,16-22H2,1-2H3;2-7,9-10,13-14,23,28H,8,11-12,15-21H2,1H3;3-5,9-10,17H,6-8,11-16H2,1-2H3,(H,22,25). The number of rotatable bonds is 23. The van der Waals surface area contributed by atoms with E-state index in [0.717, 1.165) is 187 Å². The molecule has 2 N–H and O–H groups in total. The Balaban J connectivity index is 0.000000120. The van der Waals surface area contributed by atoms with Crippen molar-refractivity contribution >= 4 is 24.1 Å². The number of hydrogen-bond donors (Lipinski definition) is 2. The maximum Gasteiger partial charge on any atom is 0.320 e. The van der Waals surface area contributed by atoms with E-state index in [4.69, 9.17) is 0 Å². The lowest BCUT2D eigenvalue weighted by molar-refractivity contribution is 0.00698. The molecule has 0 atom stereocenters. The first-order valence-corrected chi connectivity index (χ1v) is 47.1. The highest BCUT2D eigenvalue weighted by atomic mass is 16.2. The van der Waals surface area contributed by atoms with Gasteiger partial charge in [-0.1, -0.05) is 245 Å². The fraction of sp³-hybridized carbons (Fsp3) is 0.562. The van der Waals surface area contributed by atoms with Crippen LogP contribution in [0.1, 0.15) is 226 Å². The molecule has 8 saturated carbocycles. The minimum atomic E-state index is -0.0195. The molecular weight excluding hydrogens is 1490 g/mol. The summed E-state index contributed by atoms with van der Waals surface area (Å²) in [5, 5.41) is 6.82. The van der Waals surface area contributed by atoms with Crippen molar-refractivity contribution in [2.75, 3.05) is 101 Å². The molecule has 0 aromatic heterocycles. The largest absolute Gasteiger partial charge is 0.336 e. The maximum absolute atomic E-state index is 13.7. The van der Waals surface area contributed by atoms with E-state index in [-0.39, 0.29) is 68.4 Å². The SMILES string of the molecule is CCN(C)C1(c2ccccc2)CCC2(CC1)CN(Cc1ccccc1)C(=O)N2CC1CCC1.CN(C)C1(c2ccccc2)CCC2(CC1)CN(Cc1ccccc1)C(=O)N2CC1CCC1.CN(C)C1(c2ccccc2)CCC2(CC1)CNC(=O)N2CC1CCC1.CNC1(c2ccccc2)CCC2(CC1)CN(Cc1ccccc1)C(=O)N2CC1CCC1. The van der Waals surface area contributed by atoms with Crippen LogP contribution in [0.5, 0.6) is 0 Å². The molecule has 19 rings (SSSR count). The Morgan fingerprint density at radius 3 is 0.876 bits per heavy atom. The molecule has 4 aliphatic heterocycles. The molecule has 646 valence electrons. The molecular formula is C105H142N12O4. The van der Waals surface area contributed by atoms with Gasteiger partial charge in [-0.15, -0.1) is 0 Å². The number of benzene rings is 7. The number of urea groups is 4. The highest BCUT2D eigenvalue weighted by Gasteiger charge is 2.59. The molecule has 4 heterocycles. The molecule has 8 aliphatic carbocycles. The molecule has 0 unspecified atom stereocenters. The van der Waals surface area contributed by atoms with Gasteiger partial charge in [-0.25, -0.2) is 19.2 Å². The molecule has 7 aromatic carbocycles. The Bertz CT molecular complexity index is 4490. The van der Waals surface area contributed by atoms with Crippen molar-refractivity contribution in [1.82, 2.24) is 59.6 Å². The van der Waals surface area contributed by atoms with Crippen LogP contribution in [0.4, 0.5) is 19.2 Å². The Morgan fingerprint density at radius 2 is 0.595 bits per heavy atom. The number of nitrogens with one attached hydrogen (secondary N) is 2. The fourth-order valence-electron chi connectivity index (χ4n) is 24.0. The number of hydrogen-bond acceptors (Lipinski definition) is 8. The quantitative estimate of drug-likeness (QED) is 0.0649. The summed E-state index contributed by atoms with van der Waals surface area (Å²) in [6.45, 7) is 12.7. The second-order valence-corrected chi connectivity index (χ2v) is 39.8. The first-order chi connectivity index (χ1) is 58.8. The Hall–Kier alpha value is -8.54. The predicted molar refractivity (Wildman–Crippen MR) is 488 cm³/mol. The summed E-state index contributed by atoms with van der Waals surface area (Å²) in [5.74, 6) is 2.82. The lowest BCUT2D eigenvalue weighted by atomic mass is 9.68. The van der Waals surface area contributed by atoms with Gasteiger partial charge in [-0.3, -0.25) is 14.7 Å². The van der Waals surface area contributed by atoms with Crippen molar-refractivity contribution in [3.05, 3.63) is 251 Å². The van der Waals surface area contributed by atoms with Crippen molar-refractivity contribution in [3.8, 4) is 0 Å². The van der Waals surface area contributed by atoms with E-state index in [1.54, 1.807) is 0 Å². The van der Waals surface area contributed by atoms with Crippen molar-refractivity contribution in [2.45, 2.75) is 251 Å². The van der Waals surface area contributed by atoms with Crippen molar-refractivity contribution in [1.29, 1.82) is 0 Å². The van der Waals surface area contributed by atoms with Gasteiger partial charge in [0.2, 0.25) is 0 Å². The zero-order valence-corrected chi connectivity index (χ0v) is 74.4. The van der Waals surface area contributed by atoms with E-state index in [9.17, 15) is 19.2 Å². The monoisotopic (exact) mass is 1640 g/mol. The molecule has 12 aliphatic rings. The number of nitrogens with zero attached hydrogens (tertiary/aromatic N) is 10. The van der Waals surface area contributed by atoms with Crippen LogP contribution in [0, 0.1) is 23.7 Å². The number of carbonyl (C=O) groups is 4. The minimum Gasteiger partial charge on any atom is -0.336 e. The summed E-state index contributed by atoms with van der Waals surface area (Å²) in [4.78, 5) is 76.3. The molecule has 4 saturated heterocycles. The van der Waals surface area contributed by atoms with E-state index in [2.05, 4.69) is 303 Å². The third kappa shape index (κ3) is 17.6. The van der Waals surface area contributed by atoms with Gasteiger partial charge in [0.25, 0.3) is 0 Å². The number of carbonyl (C=O) groups excluding carboxylic acids is 4. The van der Waals surface area contributed by atoms with Crippen molar-refractivity contribution < 1.29 is 19.2 Å². The van der Waals surface area contributed by atoms with E-state index < -0.39 is 0 Å². The summed E-state index contributed by atoms with van der Waals surface area (Å²) >= 11 is 0. The fourth-order valence-corrected chi connectivity index (χ4v) is 24.0. The second kappa shape index (κ2) is 37.1. The minimum absolute atomic E-state index is 0.0173. The molecule has 8 amide bonds. The average molecular weight is 1640 g/mol. The first-order valence-electron chi connectivity index (χ1n) is 47.1. The Labute approximate surface area is 725 Å². The second-order valence-electron chi connectivity index (χ2n) is 39.8. The summed E-state index contributed by atoms with van der Waals surface area (Å²) in [7, 11) is 13.2. The van der Waals surface area contributed by atoms with Crippen LogP contribution < -0.4 is 10.6 Å². The van der Waals surface area contributed by atoms with Crippen LogP contribution in [-0.2, 0) is 41.8 Å². The van der Waals surface area contributed by atoms with Gasteiger partial charge in [-0.2, -0.15) is 0 Å². The van der Waals surface area contributed by atoms with Crippen molar-refractivity contribution in [3.63, 3.8) is 0 Å². The van der Waals surface area contributed by atoms with E-state index in [0.29, 0.717) is 17.8 Å². The van der Waals surface area contributed by atoms with Crippen LogP contribution in [-0.4, -0.2) is 196 Å². The van der Waals surface area contributed by atoms with E-state index in [1.165, 1.54) is 116 Å². The van der Waals surface area contributed by atoms with Gasteiger partial charge in [0.1, 0.15) is 0 Å². The lowest BCUT2D eigenvalue weighted by Crippen LogP contribution is -2.57. The van der Waals surface area contributed by atoms with Crippen LogP contribution >= 0.6 is 0 Å². The molecule has 16 nitrogen and oxygen atoms in total. The first kappa shape index (κ1) is 86.0. The van der Waals surface area contributed by atoms with Crippen LogP contribution in [0.15, 0.2) is 212 Å². The lowest BCUT2D eigenvalue weighted by Gasteiger charge is -2.52. The molecule has 4 spiro atoms. The average Bonchev–Trinajstić information content (AvgIpc) is 1.58. The summed E-state index contributed by atoms with van der Waals surface area (Å²) in [6, 6.07) is 76.2. The molecule has 121 heavy (non-hydrogen) atoms. The van der Waals surface area contributed by atoms with Gasteiger partial charge in [0.15, 0.2) is 0 Å². The number of amides is 8. The molecule has 0 radical (unpaired) electrons. The molecule has 12 fully saturated rings. The van der Waals surface area contributed by atoms with Crippen LogP contribution in [0.2, 0.25) is 0 Å². The third-order valence-corrected chi connectivity index (χ3v) is 33.1. The van der Waals surface area contributed by atoms with Crippen LogP contribution in [0.3, 0.4) is 0 Å². The van der Waals surface area contributed by atoms with Gasteiger partial charge in [0, 0.05) is 94.1 Å². The molecule has 16 heteroatoms. The van der Waals surface area contributed by atoms with E-state index >= 15 is 0 Å². The van der Waals surface area contributed by atoms with Gasteiger partial charge >= 0.3 is 24.1 Å². The summed E-state index contributed by atoms with van der Waals surface area (Å²) in [6.07, 6.45) is 33.0. The zero-order chi connectivity index (χ0) is 83.9. The zero-order valence-electron chi connectivity index (χ0n) is 74.4. The van der Waals surface area contributed by atoms with E-state index in [1.807, 2.05) is 18.2 Å². The predicted octanol–water partition coefficient (Wildman–Crippen LogP) is 20.1. The summed E-state index contributed by atoms with van der Waals surface area (Å²) in [5.41, 5.74) is 9.55. The van der Waals surface area contributed by atoms with Crippen LogP contribution in [0.25, 0.3) is 0 Å². The van der Waals surface area contributed by atoms with Gasteiger partial charge in [0.05, 0.1) is 22.2 Å². The molecule has 0 bridgehead atoms. The Morgan fingerprint density at radius 1 is 0.331 bits per heavy atom. The van der Waals surface area contributed by atoms with Gasteiger partial charge < -0.3 is 44.9 Å². The topological polar surface area (TPSA) is 125 Å². The highest BCUT2D eigenvalue weighted by Crippen LogP contribution is 2.55. The van der Waals surface area contributed by atoms with Gasteiger partial charge in [-0.05, 0) is 266 Å². The third-order valence-electron chi connectivity index (χ3n) is 33.1. The smallest absolute Gasteiger partial charge is 0.320 e. The van der Waals surface area contributed by atoms with Crippen molar-refractivity contribution in [2.24, 2.45) is 23.7 Å². The highest BCUT2D eigenvalue weighted by molar-refractivity contribution is 5.80. The summed E-state index contributed by atoms with van der Waals surface area (Å²) < 4.78 is 0. The normalized spacial score (nSPS) is 29.4. The Kier molecular flexibility index (Phi) is 26.4. The maximum atomic E-state index is 13.7.